The lowest BCUT2D eigenvalue weighted by molar-refractivity contribution is 0.660. The zero-order valence-electron chi connectivity index (χ0n) is 25.3. The van der Waals surface area contributed by atoms with E-state index in [1.807, 2.05) is 0 Å². The second-order valence-electron chi connectivity index (χ2n) is 12.1. The van der Waals surface area contributed by atoms with Crippen molar-refractivity contribution in [3.63, 3.8) is 0 Å². The van der Waals surface area contributed by atoms with Crippen molar-refractivity contribution in [3.05, 3.63) is 168 Å². The Morgan fingerprint density at radius 1 is 0.372 bits per heavy atom. The van der Waals surface area contributed by atoms with Crippen molar-refractivity contribution in [2.45, 2.75) is 33.1 Å². The Morgan fingerprint density at radius 2 is 0.698 bits per heavy atom. The fourth-order valence-electron chi connectivity index (χ4n) is 6.46. The highest BCUT2D eigenvalue weighted by atomic mass is 15.1. The Labute approximate surface area is 255 Å². The van der Waals surface area contributed by atoms with E-state index in [0.717, 1.165) is 34.1 Å². The number of hydrogen-bond acceptors (Lipinski definition) is 2. The number of hydrogen-bond donors (Lipinski definition) is 0. The number of anilines is 6. The molecule has 43 heavy (non-hydrogen) atoms. The second kappa shape index (κ2) is 10.6. The van der Waals surface area contributed by atoms with Crippen molar-refractivity contribution in [1.82, 2.24) is 0 Å². The van der Waals surface area contributed by atoms with Gasteiger partial charge in [0.05, 0.1) is 0 Å². The topological polar surface area (TPSA) is 6.48 Å². The van der Waals surface area contributed by atoms with Gasteiger partial charge in [-0.3, -0.25) is 0 Å². The number of nitrogens with zero attached hydrogens (tertiary/aromatic N) is 2. The van der Waals surface area contributed by atoms with Gasteiger partial charge in [0.25, 0.3) is 0 Å². The second-order valence-corrected chi connectivity index (χ2v) is 12.1. The van der Waals surface area contributed by atoms with Crippen LogP contribution in [0.25, 0.3) is 11.1 Å². The first kappa shape index (κ1) is 26.8. The minimum absolute atomic E-state index is 0.0927. The molecule has 2 heteroatoms. The van der Waals surface area contributed by atoms with Crippen molar-refractivity contribution in [2.75, 3.05) is 9.80 Å². The summed E-state index contributed by atoms with van der Waals surface area (Å²) in [6, 6.07) is 52.9. The molecule has 6 aromatic carbocycles. The number of aryl methyl sites for hydroxylation is 2. The van der Waals surface area contributed by atoms with Crippen LogP contribution in [0.4, 0.5) is 34.1 Å². The van der Waals surface area contributed by atoms with E-state index in [2.05, 4.69) is 183 Å². The molecule has 0 saturated carbocycles. The van der Waals surface area contributed by atoms with E-state index in [1.165, 1.54) is 33.4 Å². The van der Waals surface area contributed by atoms with E-state index in [-0.39, 0.29) is 5.41 Å². The molecule has 0 saturated heterocycles. The summed E-state index contributed by atoms with van der Waals surface area (Å²) in [5.41, 5.74) is 14.6. The summed E-state index contributed by atoms with van der Waals surface area (Å²) in [6.45, 7) is 8.97. The van der Waals surface area contributed by atoms with Crippen LogP contribution in [0.15, 0.2) is 146 Å². The van der Waals surface area contributed by atoms with Gasteiger partial charge in [-0.2, -0.15) is 0 Å². The molecule has 0 aliphatic heterocycles. The molecule has 1 aliphatic carbocycles. The van der Waals surface area contributed by atoms with Gasteiger partial charge in [-0.05, 0) is 109 Å². The molecule has 7 rings (SSSR count). The predicted octanol–water partition coefficient (Wildman–Crippen LogP) is 11.5. The highest BCUT2D eigenvalue weighted by Gasteiger charge is 2.36. The number of benzene rings is 6. The minimum atomic E-state index is -0.0927. The lowest BCUT2D eigenvalue weighted by atomic mass is 9.82. The first-order valence-electron chi connectivity index (χ1n) is 15.0. The summed E-state index contributed by atoms with van der Waals surface area (Å²) < 4.78 is 0. The molecule has 2 nitrogen and oxygen atoms in total. The fourth-order valence-corrected chi connectivity index (χ4v) is 6.46. The largest absolute Gasteiger partial charge is 0.310 e. The van der Waals surface area contributed by atoms with E-state index in [9.17, 15) is 0 Å². The normalized spacial score (nSPS) is 12.8. The highest BCUT2D eigenvalue weighted by molar-refractivity contribution is 5.89. The van der Waals surface area contributed by atoms with Gasteiger partial charge in [-0.15, -0.1) is 0 Å². The Kier molecular flexibility index (Phi) is 6.63. The van der Waals surface area contributed by atoms with E-state index < -0.39 is 0 Å². The molecular weight excluding hydrogens is 520 g/mol. The van der Waals surface area contributed by atoms with Crippen LogP contribution in [0.3, 0.4) is 0 Å². The van der Waals surface area contributed by atoms with Crippen LogP contribution in [0.5, 0.6) is 0 Å². The molecule has 0 amide bonds. The molecule has 0 bridgehead atoms. The minimum Gasteiger partial charge on any atom is -0.310 e. The smallest absolute Gasteiger partial charge is 0.0468 e. The Balaban J connectivity index is 1.39. The highest BCUT2D eigenvalue weighted by Crippen LogP contribution is 2.52. The van der Waals surface area contributed by atoms with Gasteiger partial charge in [0, 0.05) is 39.5 Å². The molecule has 6 aromatic rings. The average Bonchev–Trinajstić information content (AvgIpc) is 3.26. The van der Waals surface area contributed by atoms with Gasteiger partial charge in [0.15, 0.2) is 0 Å². The van der Waals surface area contributed by atoms with Crippen LogP contribution in [0.1, 0.15) is 36.1 Å². The van der Waals surface area contributed by atoms with E-state index >= 15 is 0 Å². The van der Waals surface area contributed by atoms with E-state index in [0.29, 0.717) is 0 Å². The summed E-state index contributed by atoms with van der Waals surface area (Å²) in [7, 11) is 0. The van der Waals surface area contributed by atoms with Gasteiger partial charge in [0.2, 0.25) is 0 Å². The van der Waals surface area contributed by atoms with Crippen molar-refractivity contribution in [1.29, 1.82) is 0 Å². The van der Waals surface area contributed by atoms with Crippen LogP contribution in [-0.4, -0.2) is 0 Å². The summed E-state index contributed by atoms with van der Waals surface area (Å²) >= 11 is 0. The number of rotatable bonds is 6. The fraction of sp³-hybridized carbons (Fsp3) is 0.122. The maximum absolute atomic E-state index is 2.39. The van der Waals surface area contributed by atoms with Crippen LogP contribution in [0.2, 0.25) is 0 Å². The molecule has 0 aromatic heterocycles. The Bertz CT molecular complexity index is 1750. The Hall–Kier alpha value is -5.08. The summed E-state index contributed by atoms with van der Waals surface area (Å²) in [5, 5.41) is 0. The van der Waals surface area contributed by atoms with Crippen LogP contribution in [-0.2, 0) is 5.41 Å². The maximum atomic E-state index is 2.39. The Morgan fingerprint density at radius 3 is 1.07 bits per heavy atom. The van der Waals surface area contributed by atoms with Crippen molar-refractivity contribution < 1.29 is 0 Å². The van der Waals surface area contributed by atoms with Crippen LogP contribution in [0, 0.1) is 13.8 Å². The van der Waals surface area contributed by atoms with Crippen LogP contribution >= 0.6 is 0 Å². The zero-order valence-corrected chi connectivity index (χ0v) is 25.3. The summed E-state index contributed by atoms with van der Waals surface area (Å²) in [5.74, 6) is 0. The van der Waals surface area contributed by atoms with Gasteiger partial charge in [0.1, 0.15) is 0 Å². The molecule has 0 radical (unpaired) electrons. The molecular formula is C41H36N2. The lowest BCUT2D eigenvalue weighted by Gasteiger charge is -2.27. The number of fused-ring (bicyclic) bond motifs is 3. The zero-order chi connectivity index (χ0) is 29.6. The molecule has 0 atom stereocenters. The van der Waals surface area contributed by atoms with Crippen molar-refractivity contribution >= 4 is 34.1 Å². The van der Waals surface area contributed by atoms with Gasteiger partial charge < -0.3 is 9.80 Å². The molecule has 0 fully saturated rings. The van der Waals surface area contributed by atoms with Gasteiger partial charge >= 0.3 is 0 Å². The molecule has 210 valence electrons. The predicted molar refractivity (Wildman–Crippen MR) is 183 cm³/mol. The van der Waals surface area contributed by atoms with Crippen molar-refractivity contribution in [3.8, 4) is 11.1 Å². The molecule has 0 heterocycles. The number of para-hydroxylation sites is 2. The SMILES string of the molecule is Cc1ccc(N(c2ccccc2)c2ccc3c(c2)-c2cc(N(c4ccccc4)c4ccc(C)cc4)ccc2C3(C)C)cc1. The quantitative estimate of drug-likeness (QED) is 0.201. The lowest BCUT2D eigenvalue weighted by Crippen LogP contribution is -2.16. The van der Waals surface area contributed by atoms with E-state index in [1.54, 1.807) is 0 Å². The molecule has 0 N–H and O–H groups in total. The van der Waals surface area contributed by atoms with Crippen molar-refractivity contribution in [2.24, 2.45) is 0 Å². The third-order valence-corrected chi connectivity index (χ3v) is 8.77. The first-order chi connectivity index (χ1) is 20.9. The summed E-state index contributed by atoms with van der Waals surface area (Å²) in [4.78, 5) is 4.72. The molecule has 0 spiro atoms. The average molecular weight is 557 g/mol. The third kappa shape index (κ3) is 4.79. The van der Waals surface area contributed by atoms with Gasteiger partial charge in [-0.1, -0.05) is 97.8 Å². The van der Waals surface area contributed by atoms with Gasteiger partial charge in [-0.25, -0.2) is 0 Å². The monoisotopic (exact) mass is 556 g/mol. The molecule has 0 unspecified atom stereocenters. The standard InChI is InChI=1S/C41H36N2/c1-29-15-19-33(20-16-29)42(31-11-7-5-8-12-31)35-23-25-39-37(27-35)38-28-36(24-26-40(38)41(39,3)4)43(32-13-9-6-10-14-32)34-21-17-30(2)18-22-34/h5-28H,1-4H3. The van der Waals surface area contributed by atoms with Crippen LogP contribution < -0.4 is 9.80 Å². The summed E-state index contributed by atoms with van der Waals surface area (Å²) in [6.07, 6.45) is 0. The third-order valence-electron chi connectivity index (χ3n) is 8.77. The first-order valence-corrected chi connectivity index (χ1v) is 15.0. The maximum Gasteiger partial charge on any atom is 0.0468 e. The molecule has 1 aliphatic rings. The van der Waals surface area contributed by atoms with E-state index in [4.69, 9.17) is 0 Å².